The van der Waals surface area contributed by atoms with Gasteiger partial charge in [-0.15, -0.1) is 0 Å². The summed E-state index contributed by atoms with van der Waals surface area (Å²) in [5, 5.41) is 8.88. The van der Waals surface area contributed by atoms with Crippen molar-refractivity contribution in [2.24, 2.45) is 0 Å². The van der Waals surface area contributed by atoms with Crippen LogP contribution in [0.2, 0.25) is 0 Å². The molecule has 24 heavy (non-hydrogen) atoms. The Bertz CT molecular complexity index is 908. The van der Waals surface area contributed by atoms with Crippen LogP contribution in [-0.2, 0) is 11.3 Å². The van der Waals surface area contributed by atoms with Gasteiger partial charge in [-0.3, -0.25) is 0 Å². The minimum atomic E-state index is -0.555. The Morgan fingerprint density at radius 2 is 2.00 bits per heavy atom. The number of aryl methyl sites for hydroxylation is 1. The summed E-state index contributed by atoms with van der Waals surface area (Å²) in [6.07, 6.45) is 0. The second-order valence-electron chi connectivity index (χ2n) is 5.18. The van der Waals surface area contributed by atoms with Crippen molar-refractivity contribution in [2.75, 3.05) is 0 Å². The summed E-state index contributed by atoms with van der Waals surface area (Å²) >= 11 is 0. The van der Waals surface area contributed by atoms with Crippen LogP contribution in [0.5, 0.6) is 0 Å². The summed E-state index contributed by atoms with van der Waals surface area (Å²) in [6.45, 7) is 1.74. The summed E-state index contributed by atoms with van der Waals surface area (Å²) in [6, 6.07) is 18.3. The Balaban J connectivity index is 1.74. The van der Waals surface area contributed by atoms with Crippen molar-refractivity contribution >= 4 is 5.97 Å². The van der Waals surface area contributed by atoms with E-state index < -0.39 is 5.97 Å². The summed E-state index contributed by atoms with van der Waals surface area (Å²) in [4.78, 5) is 16.5. The van der Waals surface area contributed by atoms with Crippen LogP contribution in [0.4, 0.5) is 0 Å². The van der Waals surface area contributed by atoms with Crippen LogP contribution in [0.3, 0.4) is 0 Å². The molecular weight excluding hydrogens is 304 g/mol. The quantitative estimate of drug-likeness (QED) is 0.682. The third kappa shape index (κ3) is 3.33. The fourth-order valence-corrected chi connectivity index (χ4v) is 2.24. The number of aromatic nitrogens is 1. The number of hydrogen-bond donors (Lipinski definition) is 0. The van der Waals surface area contributed by atoms with Crippen LogP contribution >= 0.6 is 0 Å². The van der Waals surface area contributed by atoms with Gasteiger partial charge in [0.05, 0.1) is 11.6 Å². The van der Waals surface area contributed by atoms with E-state index in [9.17, 15) is 4.79 Å². The van der Waals surface area contributed by atoms with Crippen molar-refractivity contribution in [3.63, 3.8) is 0 Å². The molecule has 3 rings (SSSR count). The van der Waals surface area contributed by atoms with E-state index in [2.05, 4.69) is 4.98 Å². The Kier molecular flexibility index (Phi) is 4.39. The average molecular weight is 318 g/mol. The molecule has 1 heterocycles. The smallest absolute Gasteiger partial charge is 0.360 e. The molecule has 0 atom stereocenters. The molecule has 5 nitrogen and oxygen atoms in total. The zero-order chi connectivity index (χ0) is 16.9. The highest BCUT2D eigenvalue weighted by molar-refractivity contribution is 5.88. The SMILES string of the molecule is Cc1oc(-c2ccccc2)nc1C(=O)OCc1cccc(C#N)c1. The second kappa shape index (κ2) is 6.80. The Labute approximate surface area is 139 Å². The van der Waals surface area contributed by atoms with E-state index in [1.54, 1.807) is 31.2 Å². The number of ether oxygens (including phenoxy) is 1. The minimum absolute atomic E-state index is 0.0708. The molecule has 0 N–H and O–H groups in total. The van der Waals surface area contributed by atoms with Gasteiger partial charge in [0, 0.05) is 5.56 Å². The lowest BCUT2D eigenvalue weighted by Gasteiger charge is -2.03. The number of nitrogens with zero attached hydrogens (tertiary/aromatic N) is 2. The monoisotopic (exact) mass is 318 g/mol. The molecule has 0 amide bonds. The number of oxazole rings is 1. The lowest BCUT2D eigenvalue weighted by molar-refractivity contribution is 0.0464. The molecule has 3 aromatic rings. The highest BCUT2D eigenvalue weighted by Crippen LogP contribution is 2.22. The van der Waals surface area contributed by atoms with Gasteiger partial charge in [0.2, 0.25) is 5.89 Å². The highest BCUT2D eigenvalue weighted by Gasteiger charge is 2.19. The third-order valence-corrected chi connectivity index (χ3v) is 3.44. The van der Waals surface area contributed by atoms with Crippen molar-refractivity contribution in [1.82, 2.24) is 4.98 Å². The van der Waals surface area contributed by atoms with Crippen LogP contribution in [0.25, 0.3) is 11.5 Å². The van der Waals surface area contributed by atoms with Gasteiger partial charge in [-0.1, -0.05) is 30.3 Å². The van der Waals surface area contributed by atoms with Gasteiger partial charge in [0.15, 0.2) is 5.69 Å². The van der Waals surface area contributed by atoms with Crippen molar-refractivity contribution in [2.45, 2.75) is 13.5 Å². The lowest BCUT2D eigenvalue weighted by atomic mass is 10.1. The summed E-state index contributed by atoms with van der Waals surface area (Å²) < 4.78 is 10.8. The van der Waals surface area contributed by atoms with Crippen LogP contribution in [0.15, 0.2) is 59.0 Å². The Morgan fingerprint density at radius 3 is 2.75 bits per heavy atom. The maximum atomic E-state index is 12.2. The molecule has 0 aliphatic rings. The standard InChI is InChI=1S/C19H14N2O3/c1-13-17(21-18(24-13)16-8-3-2-4-9-16)19(22)23-12-15-7-5-6-14(10-15)11-20/h2-10H,12H2,1H3. The maximum absolute atomic E-state index is 12.2. The van der Waals surface area contributed by atoms with Gasteiger partial charge < -0.3 is 9.15 Å². The van der Waals surface area contributed by atoms with E-state index in [1.807, 2.05) is 36.4 Å². The first kappa shape index (κ1) is 15.5. The van der Waals surface area contributed by atoms with Gasteiger partial charge in [-0.25, -0.2) is 9.78 Å². The van der Waals surface area contributed by atoms with Crippen molar-refractivity contribution in [1.29, 1.82) is 5.26 Å². The summed E-state index contributed by atoms with van der Waals surface area (Å²) in [7, 11) is 0. The number of esters is 1. The van der Waals surface area contributed by atoms with Gasteiger partial charge in [-0.05, 0) is 36.8 Å². The summed E-state index contributed by atoms with van der Waals surface area (Å²) in [5.74, 6) is 0.233. The predicted octanol–water partition coefficient (Wildman–Crippen LogP) is 3.88. The minimum Gasteiger partial charge on any atom is -0.456 e. The number of carbonyl (C=O) groups excluding carboxylic acids is 1. The van der Waals surface area contributed by atoms with E-state index in [1.165, 1.54) is 0 Å². The molecule has 0 fully saturated rings. The Hall–Kier alpha value is -3.39. The van der Waals surface area contributed by atoms with Crippen LogP contribution in [0, 0.1) is 18.3 Å². The molecule has 0 unspecified atom stereocenters. The van der Waals surface area contributed by atoms with Crippen molar-refractivity contribution in [3.05, 3.63) is 77.2 Å². The predicted molar refractivity (Wildman–Crippen MR) is 87.0 cm³/mol. The van der Waals surface area contributed by atoms with Gasteiger partial charge in [0.25, 0.3) is 0 Å². The molecule has 0 saturated carbocycles. The Morgan fingerprint density at radius 1 is 1.21 bits per heavy atom. The molecule has 0 aliphatic carbocycles. The van der Waals surface area contributed by atoms with Crippen molar-refractivity contribution in [3.8, 4) is 17.5 Å². The molecule has 118 valence electrons. The fourth-order valence-electron chi connectivity index (χ4n) is 2.24. The topological polar surface area (TPSA) is 76.1 Å². The van der Waals surface area contributed by atoms with E-state index >= 15 is 0 Å². The molecule has 2 aromatic carbocycles. The molecule has 0 bridgehead atoms. The third-order valence-electron chi connectivity index (χ3n) is 3.44. The van der Waals surface area contributed by atoms with E-state index in [-0.39, 0.29) is 12.3 Å². The molecule has 0 spiro atoms. The number of nitriles is 1. The van der Waals surface area contributed by atoms with Crippen LogP contribution in [0.1, 0.15) is 27.4 Å². The lowest BCUT2D eigenvalue weighted by Crippen LogP contribution is -2.07. The van der Waals surface area contributed by atoms with Crippen LogP contribution in [-0.4, -0.2) is 11.0 Å². The molecule has 0 saturated heterocycles. The number of rotatable bonds is 4. The molecule has 0 radical (unpaired) electrons. The first-order valence-corrected chi connectivity index (χ1v) is 7.36. The maximum Gasteiger partial charge on any atom is 0.360 e. The van der Waals surface area contributed by atoms with Crippen LogP contribution < -0.4 is 0 Å². The molecule has 5 heteroatoms. The largest absolute Gasteiger partial charge is 0.456 e. The normalized spacial score (nSPS) is 10.2. The van der Waals surface area contributed by atoms with E-state index in [0.717, 1.165) is 11.1 Å². The van der Waals surface area contributed by atoms with Gasteiger partial charge >= 0.3 is 5.97 Å². The number of hydrogen-bond acceptors (Lipinski definition) is 5. The summed E-state index contributed by atoms with van der Waals surface area (Å²) in [5.41, 5.74) is 2.21. The highest BCUT2D eigenvalue weighted by atomic mass is 16.5. The van der Waals surface area contributed by atoms with Crippen molar-refractivity contribution < 1.29 is 13.9 Å². The van der Waals surface area contributed by atoms with Gasteiger partial charge in [-0.2, -0.15) is 5.26 Å². The zero-order valence-corrected chi connectivity index (χ0v) is 13.0. The molecule has 1 aromatic heterocycles. The molecular formula is C19H14N2O3. The second-order valence-corrected chi connectivity index (χ2v) is 5.18. The molecule has 0 aliphatic heterocycles. The van der Waals surface area contributed by atoms with E-state index in [4.69, 9.17) is 14.4 Å². The first-order valence-electron chi connectivity index (χ1n) is 7.36. The zero-order valence-electron chi connectivity index (χ0n) is 13.0. The van der Waals surface area contributed by atoms with Gasteiger partial charge in [0.1, 0.15) is 12.4 Å². The number of benzene rings is 2. The fraction of sp³-hybridized carbons (Fsp3) is 0.105. The first-order chi connectivity index (χ1) is 11.7. The number of carbonyl (C=O) groups is 1. The van der Waals surface area contributed by atoms with E-state index in [0.29, 0.717) is 17.2 Å². The average Bonchev–Trinajstić information content (AvgIpc) is 3.02.